The maximum atomic E-state index is 12.5. The minimum atomic E-state index is -0.403. The largest absolute Gasteiger partial charge is 0.493 e. The Morgan fingerprint density at radius 1 is 1.32 bits per heavy atom. The summed E-state index contributed by atoms with van der Waals surface area (Å²) in [6, 6.07) is 13.6. The molecule has 31 heavy (non-hydrogen) atoms. The molecular formula is C25H29N3O3. The highest BCUT2D eigenvalue weighted by atomic mass is 16.5. The Balaban J connectivity index is 1.51. The van der Waals surface area contributed by atoms with Crippen molar-refractivity contribution in [3.05, 3.63) is 59.4 Å². The van der Waals surface area contributed by atoms with Crippen molar-refractivity contribution in [3.8, 4) is 5.75 Å². The van der Waals surface area contributed by atoms with E-state index in [1.807, 2.05) is 18.2 Å². The standard InChI is InChI=1S/C25H29N3O3/c1-6-28-20-11-10-17(12-19(20)16(2)14-25(28,3)4)15-26-27-24(29)22-13-18-8-7-9-21(30-5)23(18)31-22/h7-13,15-16H,6,14H2,1-5H3,(H,27,29)/b26-15+. The van der Waals surface area contributed by atoms with Crippen LogP contribution in [0.2, 0.25) is 0 Å². The Kier molecular flexibility index (Phi) is 5.48. The molecule has 6 nitrogen and oxygen atoms in total. The van der Waals surface area contributed by atoms with Crippen LogP contribution in [0.5, 0.6) is 5.75 Å². The number of amides is 1. The fourth-order valence-corrected chi connectivity index (χ4v) is 4.72. The molecule has 0 bridgehead atoms. The van der Waals surface area contributed by atoms with Crippen molar-refractivity contribution < 1.29 is 13.9 Å². The van der Waals surface area contributed by atoms with Gasteiger partial charge in [-0.2, -0.15) is 5.10 Å². The van der Waals surface area contributed by atoms with E-state index in [9.17, 15) is 4.79 Å². The van der Waals surface area contributed by atoms with Crippen LogP contribution in [-0.4, -0.2) is 31.3 Å². The number of benzene rings is 2. The van der Waals surface area contributed by atoms with E-state index in [4.69, 9.17) is 9.15 Å². The zero-order chi connectivity index (χ0) is 22.2. The summed E-state index contributed by atoms with van der Waals surface area (Å²) in [5, 5.41) is 4.95. The molecule has 1 unspecified atom stereocenters. The van der Waals surface area contributed by atoms with E-state index >= 15 is 0 Å². The van der Waals surface area contributed by atoms with Gasteiger partial charge >= 0.3 is 5.91 Å². The van der Waals surface area contributed by atoms with E-state index in [0.717, 1.165) is 23.9 Å². The van der Waals surface area contributed by atoms with Crippen LogP contribution in [0.4, 0.5) is 5.69 Å². The number of carbonyl (C=O) groups excluding carboxylic acids is 1. The lowest BCUT2D eigenvalue weighted by Crippen LogP contribution is -2.48. The molecule has 6 heteroatoms. The lowest BCUT2D eigenvalue weighted by Gasteiger charge is -2.47. The second kappa shape index (κ2) is 8.10. The summed E-state index contributed by atoms with van der Waals surface area (Å²) in [5.74, 6) is 0.838. The second-order valence-corrected chi connectivity index (χ2v) is 8.67. The third kappa shape index (κ3) is 3.90. The van der Waals surface area contributed by atoms with Crippen LogP contribution in [-0.2, 0) is 0 Å². The van der Waals surface area contributed by atoms with Gasteiger partial charge in [0, 0.05) is 23.2 Å². The van der Waals surface area contributed by atoms with Gasteiger partial charge in [0.15, 0.2) is 17.1 Å². The highest BCUT2D eigenvalue weighted by molar-refractivity contribution is 5.97. The molecule has 4 rings (SSSR count). The van der Waals surface area contributed by atoms with Crippen LogP contribution in [0.3, 0.4) is 0 Å². The zero-order valence-corrected chi connectivity index (χ0v) is 18.7. The number of hydrogen-bond donors (Lipinski definition) is 1. The van der Waals surface area contributed by atoms with Crippen molar-refractivity contribution in [1.82, 2.24) is 5.43 Å². The number of rotatable bonds is 5. The van der Waals surface area contributed by atoms with Gasteiger partial charge in [-0.25, -0.2) is 5.43 Å². The first-order valence-corrected chi connectivity index (χ1v) is 10.7. The van der Waals surface area contributed by atoms with Crippen LogP contribution < -0.4 is 15.1 Å². The highest BCUT2D eigenvalue weighted by Gasteiger charge is 2.35. The number of ether oxygens (including phenoxy) is 1. The predicted octanol–water partition coefficient (Wildman–Crippen LogP) is 5.32. The number of fused-ring (bicyclic) bond motifs is 2. The molecule has 1 N–H and O–H groups in total. The van der Waals surface area contributed by atoms with Crippen molar-refractivity contribution in [2.75, 3.05) is 18.6 Å². The fraction of sp³-hybridized carbons (Fsp3) is 0.360. The molecule has 2 heterocycles. The molecule has 2 aromatic carbocycles. The van der Waals surface area contributed by atoms with Gasteiger partial charge in [0.1, 0.15) is 0 Å². The molecule has 1 aromatic heterocycles. The van der Waals surface area contributed by atoms with Gasteiger partial charge in [0.05, 0.1) is 13.3 Å². The van der Waals surface area contributed by atoms with Crippen LogP contribution in [0.25, 0.3) is 11.0 Å². The lowest BCUT2D eigenvalue weighted by atomic mass is 9.79. The number of hydrazone groups is 1. The first kappa shape index (κ1) is 21.0. The molecule has 1 aliphatic heterocycles. The normalized spacial score (nSPS) is 17.7. The Labute approximate surface area is 182 Å². The molecule has 162 valence electrons. The van der Waals surface area contributed by atoms with Crippen molar-refractivity contribution in [3.63, 3.8) is 0 Å². The maximum Gasteiger partial charge on any atom is 0.307 e. The van der Waals surface area contributed by atoms with Crippen LogP contribution >= 0.6 is 0 Å². The van der Waals surface area contributed by atoms with Gasteiger partial charge in [0.2, 0.25) is 0 Å². The van der Waals surface area contributed by atoms with Crippen molar-refractivity contribution in [2.45, 2.75) is 45.6 Å². The summed E-state index contributed by atoms with van der Waals surface area (Å²) < 4.78 is 11.0. The van der Waals surface area contributed by atoms with Crippen LogP contribution in [0, 0.1) is 0 Å². The van der Waals surface area contributed by atoms with Gasteiger partial charge in [-0.05, 0) is 68.5 Å². The summed E-state index contributed by atoms with van der Waals surface area (Å²) in [6.07, 6.45) is 2.77. The number of anilines is 1. The smallest absolute Gasteiger partial charge is 0.307 e. The number of nitrogens with one attached hydrogen (secondary N) is 1. The number of nitrogens with zero attached hydrogens (tertiary/aromatic N) is 2. The van der Waals surface area contributed by atoms with E-state index in [1.54, 1.807) is 25.5 Å². The van der Waals surface area contributed by atoms with Crippen LogP contribution in [0.1, 0.15) is 61.7 Å². The summed E-state index contributed by atoms with van der Waals surface area (Å²) >= 11 is 0. The monoisotopic (exact) mass is 419 g/mol. The van der Waals surface area contributed by atoms with E-state index in [1.165, 1.54) is 11.3 Å². The third-order valence-electron chi connectivity index (χ3n) is 6.06. The van der Waals surface area contributed by atoms with Gasteiger partial charge in [0.25, 0.3) is 0 Å². The fourth-order valence-electron chi connectivity index (χ4n) is 4.72. The number of carbonyl (C=O) groups is 1. The molecule has 0 fully saturated rings. The van der Waals surface area contributed by atoms with Crippen molar-refractivity contribution in [1.29, 1.82) is 0 Å². The second-order valence-electron chi connectivity index (χ2n) is 8.67. The molecule has 0 spiro atoms. The summed E-state index contributed by atoms with van der Waals surface area (Å²) in [6.45, 7) is 10.0. The van der Waals surface area contributed by atoms with E-state index in [2.05, 4.69) is 55.3 Å². The molecule has 1 atom stereocenters. The van der Waals surface area contributed by atoms with Gasteiger partial charge in [-0.15, -0.1) is 0 Å². The Hall–Kier alpha value is -3.28. The summed E-state index contributed by atoms with van der Waals surface area (Å²) in [7, 11) is 1.57. The van der Waals surface area contributed by atoms with Crippen molar-refractivity contribution in [2.24, 2.45) is 5.10 Å². The summed E-state index contributed by atoms with van der Waals surface area (Å²) in [5.41, 5.74) is 6.80. The molecular weight excluding hydrogens is 390 g/mol. The number of hydrogen-bond acceptors (Lipinski definition) is 5. The van der Waals surface area contributed by atoms with Gasteiger partial charge in [-0.3, -0.25) is 4.79 Å². The highest BCUT2D eigenvalue weighted by Crippen LogP contribution is 2.43. The number of methoxy groups -OCH3 is 1. The quantitative estimate of drug-likeness (QED) is 0.449. The van der Waals surface area contributed by atoms with Gasteiger partial charge < -0.3 is 14.1 Å². The SMILES string of the molecule is CCN1c2ccc(/C=N/NC(=O)c3cc4cccc(OC)c4o3)cc2C(C)CC1(C)C. The average Bonchev–Trinajstić information content (AvgIpc) is 3.18. The predicted molar refractivity (Wildman–Crippen MR) is 124 cm³/mol. The Bertz CT molecular complexity index is 1150. The number of furan rings is 1. The average molecular weight is 420 g/mol. The van der Waals surface area contributed by atoms with Gasteiger partial charge in [-0.1, -0.05) is 25.1 Å². The molecule has 3 aromatic rings. The molecule has 0 aliphatic carbocycles. The Morgan fingerprint density at radius 2 is 2.13 bits per heavy atom. The first-order chi connectivity index (χ1) is 14.8. The third-order valence-corrected chi connectivity index (χ3v) is 6.06. The molecule has 1 aliphatic rings. The van der Waals surface area contributed by atoms with E-state index < -0.39 is 5.91 Å². The van der Waals surface area contributed by atoms with Crippen molar-refractivity contribution >= 4 is 28.8 Å². The first-order valence-electron chi connectivity index (χ1n) is 10.7. The molecule has 1 amide bonds. The zero-order valence-electron chi connectivity index (χ0n) is 18.7. The minimum absolute atomic E-state index is 0.139. The minimum Gasteiger partial charge on any atom is -0.493 e. The van der Waals surface area contributed by atoms with Crippen LogP contribution in [0.15, 0.2) is 52.0 Å². The van der Waals surface area contributed by atoms with E-state index in [-0.39, 0.29) is 11.3 Å². The topological polar surface area (TPSA) is 67.1 Å². The number of para-hydroxylation sites is 1. The summed E-state index contributed by atoms with van der Waals surface area (Å²) in [4.78, 5) is 14.9. The van der Waals surface area contributed by atoms with E-state index in [0.29, 0.717) is 17.3 Å². The lowest BCUT2D eigenvalue weighted by molar-refractivity contribution is 0.0929. The molecule has 0 radical (unpaired) electrons. The molecule has 0 saturated carbocycles. The molecule has 0 saturated heterocycles. The maximum absolute atomic E-state index is 12.5. The Morgan fingerprint density at radius 3 is 2.87 bits per heavy atom.